The van der Waals surface area contributed by atoms with Crippen LogP contribution in [0.3, 0.4) is 0 Å². The summed E-state index contributed by atoms with van der Waals surface area (Å²) in [6, 6.07) is 15.7. The van der Waals surface area contributed by atoms with E-state index in [2.05, 4.69) is 35.8 Å². The van der Waals surface area contributed by atoms with Crippen molar-refractivity contribution in [2.75, 3.05) is 36.0 Å². The number of benzene rings is 2. The lowest BCUT2D eigenvalue weighted by molar-refractivity contribution is -0.122. The summed E-state index contributed by atoms with van der Waals surface area (Å²) < 4.78 is 5.77. The molecule has 35 heavy (non-hydrogen) atoms. The van der Waals surface area contributed by atoms with Crippen molar-refractivity contribution in [3.8, 4) is 0 Å². The Morgan fingerprint density at radius 3 is 2.37 bits per heavy atom. The summed E-state index contributed by atoms with van der Waals surface area (Å²) in [6.07, 6.45) is 4.59. The van der Waals surface area contributed by atoms with Crippen LogP contribution in [-0.2, 0) is 16.0 Å². The van der Waals surface area contributed by atoms with Gasteiger partial charge in [-0.3, -0.25) is 9.69 Å². The average Bonchev–Trinajstić information content (AvgIpc) is 3.33. The van der Waals surface area contributed by atoms with Crippen molar-refractivity contribution in [3.63, 3.8) is 0 Å². The minimum atomic E-state index is -0.328. The number of rotatable bonds is 8. The number of carbonyl (C=O) groups is 2. The number of ether oxygens (including phenoxy) is 1. The molecule has 2 aromatic carbocycles. The molecule has 2 aliphatic rings. The molecule has 1 amide bonds. The number of thioether (sulfide) groups is 1. The van der Waals surface area contributed by atoms with Gasteiger partial charge in [-0.05, 0) is 63.1 Å². The summed E-state index contributed by atoms with van der Waals surface area (Å²) in [6.45, 7) is 8.31. The van der Waals surface area contributed by atoms with Crippen LogP contribution in [0.4, 0.5) is 11.4 Å². The first-order chi connectivity index (χ1) is 17.0. The number of esters is 1. The van der Waals surface area contributed by atoms with Gasteiger partial charge >= 0.3 is 5.97 Å². The lowest BCUT2D eigenvalue weighted by Gasteiger charge is -2.23. The first kappa shape index (κ1) is 25.0. The van der Waals surface area contributed by atoms with Crippen molar-refractivity contribution in [1.82, 2.24) is 4.90 Å². The second kappa shape index (κ2) is 11.1. The summed E-state index contributed by atoms with van der Waals surface area (Å²) in [5.41, 5.74) is 3.68. The van der Waals surface area contributed by atoms with E-state index >= 15 is 0 Å². The van der Waals surface area contributed by atoms with E-state index in [9.17, 15) is 9.59 Å². The van der Waals surface area contributed by atoms with E-state index in [1.165, 1.54) is 17.3 Å². The number of allylic oxidation sites excluding steroid dienone is 2. The smallest absolute Gasteiger partial charge is 0.338 e. The lowest BCUT2D eigenvalue weighted by Crippen LogP contribution is -2.30. The highest BCUT2D eigenvalue weighted by atomic mass is 32.2. The molecular weight excluding hydrogens is 478 g/mol. The highest BCUT2D eigenvalue weighted by Gasteiger charge is 2.33. The largest absolute Gasteiger partial charge is 0.462 e. The van der Waals surface area contributed by atoms with E-state index in [0.717, 1.165) is 30.2 Å². The second-order valence-corrected chi connectivity index (χ2v) is 9.70. The second-order valence-electron chi connectivity index (χ2n) is 8.03. The summed E-state index contributed by atoms with van der Waals surface area (Å²) in [5.74, 6) is 0.575. The zero-order chi connectivity index (χ0) is 24.9. The van der Waals surface area contributed by atoms with Gasteiger partial charge < -0.3 is 14.5 Å². The molecule has 2 aliphatic heterocycles. The molecule has 4 rings (SSSR count). The molecule has 1 fully saturated rings. The van der Waals surface area contributed by atoms with Gasteiger partial charge in [-0.15, -0.1) is 0 Å². The molecule has 0 aliphatic carbocycles. The first-order valence-corrected chi connectivity index (χ1v) is 13.1. The summed E-state index contributed by atoms with van der Waals surface area (Å²) in [5, 5.41) is 0. The van der Waals surface area contributed by atoms with E-state index in [1.807, 2.05) is 42.5 Å². The van der Waals surface area contributed by atoms with Crippen LogP contribution in [0.25, 0.3) is 0 Å². The maximum Gasteiger partial charge on any atom is 0.338 e. The van der Waals surface area contributed by atoms with Gasteiger partial charge in [-0.2, -0.15) is 0 Å². The number of hydrogen-bond acceptors (Lipinski definition) is 7. The van der Waals surface area contributed by atoms with E-state index in [0.29, 0.717) is 34.5 Å². The van der Waals surface area contributed by atoms with Crippen molar-refractivity contribution in [2.45, 2.75) is 27.2 Å². The Labute approximate surface area is 216 Å². The normalized spacial score (nSPS) is 17.6. The number of amides is 1. The fourth-order valence-corrected chi connectivity index (χ4v) is 5.54. The number of anilines is 2. The van der Waals surface area contributed by atoms with Gasteiger partial charge in [0.15, 0.2) is 0 Å². The van der Waals surface area contributed by atoms with Crippen LogP contribution in [-0.4, -0.2) is 47.3 Å². The third kappa shape index (κ3) is 5.13. The average molecular weight is 508 g/mol. The van der Waals surface area contributed by atoms with E-state index in [-0.39, 0.29) is 11.9 Å². The Balaban J connectivity index is 1.56. The molecule has 6 nitrogen and oxygen atoms in total. The van der Waals surface area contributed by atoms with Gasteiger partial charge in [0.2, 0.25) is 0 Å². The van der Waals surface area contributed by atoms with Crippen LogP contribution < -0.4 is 9.80 Å². The third-order valence-corrected chi connectivity index (χ3v) is 7.37. The van der Waals surface area contributed by atoms with Crippen molar-refractivity contribution in [2.24, 2.45) is 0 Å². The van der Waals surface area contributed by atoms with Crippen molar-refractivity contribution in [3.05, 3.63) is 82.5 Å². The van der Waals surface area contributed by atoms with Gasteiger partial charge in [0.05, 0.1) is 28.5 Å². The maximum absolute atomic E-state index is 13.1. The molecule has 0 bridgehead atoms. The quantitative estimate of drug-likeness (QED) is 0.271. The third-order valence-electron chi connectivity index (χ3n) is 5.98. The Morgan fingerprint density at radius 1 is 0.971 bits per heavy atom. The highest BCUT2D eigenvalue weighted by molar-refractivity contribution is 8.26. The molecule has 1 saturated heterocycles. The van der Waals surface area contributed by atoms with Crippen LogP contribution in [0.2, 0.25) is 0 Å². The highest BCUT2D eigenvalue weighted by Crippen LogP contribution is 2.42. The molecule has 2 aromatic rings. The molecule has 0 aromatic heterocycles. The Bertz CT molecular complexity index is 1190. The Hall–Kier alpha value is -3.10. The number of fused-ring (bicyclic) bond motifs is 1. The van der Waals surface area contributed by atoms with E-state index in [4.69, 9.17) is 17.0 Å². The zero-order valence-electron chi connectivity index (χ0n) is 20.2. The van der Waals surface area contributed by atoms with E-state index < -0.39 is 0 Å². The summed E-state index contributed by atoms with van der Waals surface area (Å²) in [4.78, 5) is 32.0. The van der Waals surface area contributed by atoms with Gasteiger partial charge in [0.25, 0.3) is 5.91 Å². The molecular formula is C27H29N3O3S2. The summed E-state index contributed by atoms with van der Waals surface area (Å²) in [7, 11) is 0. The van der Waals surface area contributed by atoms with Gasteiger partial charge in [0, 0.05) is 19.6 Å². The van der Waals surface area contributed by atoms with Gasteiger partial charge in [-0.25, -0.2) is 4.79 Å². The predicted octanol–water partition coefficient (Wildman–Crippen LogP) is 5.36. The monoisotopic (exact) mass is 507 g/mol. The number of nitrogens with zero attached hydrogens (tertiary/aromatic N) is 3. The lowest BCUT2D eigenvalue weighted by atomic mass is 10.1. The minimum absolute atomic E-state index is 0.0565. The van der Waals surface area contributed by atoms with Crippen molar-refractivity contribution in [1.29, 1.82) is 0 Å². The molecule has 8 heteroatoms. The fraction of sp³-hybridized carbons (Fsp3) is 0.296. The number of carbonyl (C=O) groups excluding carboxylic acids is 2. The van der Waals surface area contributed by atoms with Gasteiger partial charge in [-0.1, -0.05) is 54.3 Å². The van der Waals surface area contributed by atoms with Crippen LogP contribution in [0, 0.1) is 0 Å². The predicted molar refractivity (Wildman–Crippen MR) is 147 cm³/mol. The maximum atomic E-state index is 13.1. The molecule has 182 valence electrons. The van der Waals surface area contributed by atoms with Crippen molar-refractivity contribution < 1.29 is 14.3 Å². The Morgan fingerprint density at radius 2 is 1.69 bits per heavy atom. The molecule has 2 heterocycles. The van der Waals surface area contributed by atoms with Crippen LogP contribution >= 0.6 is 24.0 Å². The molecule has 0 radical (unpaired) electrons. The summed E-state index contributed by atoms with van der Waals surface area (Å²) >= 11 is 6.85. The first-order valence-electron chi connectivity index (χ1n) is 11.8. The molecule has 0 unspecified atom stereocenters. The topological polar surface area (TPSA) is 53.1 Å². The van der Waals surface area contributed by atoms with E-state index in [1.54, 1.807) is 17.9 Å². The van der Waals surface area contributed by atoms with Crippen molar-refractivity contribution >= 4 is 51.6 Å². The molecule has 0 atom stereocenters. The number of hydrogen-bond donors (Lipinski definition) is 0. The molecule has 0 N–H and O–H groups in total. The minimum Gasteiger partial charge on any atom is -0.462 e. The van der Waals surface area contributed by atoms with Crippen LogP contribution in [0.5, 0.6) is 0 Å². The zero-order valence-corrected chi connectivity index (χ0v) is 21.8. The Kier molecular flexibility index (Phi) is 7.93. The molecule has 0 spiro atoms. The molecule has 0 saturated carbocycles. The van der Waals surface area contributed by atoms with Crippen LogP contribution in [0.15, 0.2) is 71.4 Å². The van der Waals surface area contributed by atoms with Crippen LogP contribution in [0.1, 0.15) is 36.7 Å². The number of thiocarbonyl (C=S) groups is 1. The van der Waals surface area contributed by atoms with Gasteiger partial charge in [0.1, 0.15) is 10.1 Å². The SMILES string of the molecule is CCOC(=O)c1ccc2c(c1)N(CC)C(=CC=C1SC(=S)N(CCc3ccccc3)C1=O)N2CC. The fourth-order valence-electron chi connectivity index (χ4n) is 4.29. The standard InChI is InChI=1S/C27H29N3O3S2/c1-4-28-21-13-12-20(26(32)33-6-3)18-22(21)29(5-2)24(28)15-14-23-25(31)30(27(34)35-23)17-16-19-10-8-7-9-11-19/h7-15,18H,4-6,16-17H2,1-3H3.